The number of anilines is 1. The van der Waals surface area contributed by atoms with Gasteiger partial charge in [-0.05, 0) is 61.4 Å². The van der Waals surface area contributed by atoms with Crippen molar-refractivity contribution in [3.05, 3.63) is 123 Å². The summed E-state index contributed by atoms with van der Waals surface area (Å²) in [6.07, 6.45) is 6.07. The van der Waals surface area contributed by atoms with Crippen molar-refractivity contribution < 1.29 is 18.7 Å². The molecule has 0 aliphatic carbocycles. The zero-order valence-electron chi connectivity index (χ0n) is 21.4. The summed E-state index contributed by atoms with van der Waals surface area (Å²) < 4.78 is 29.9. The standard InChI is InChI=1S/C30H28F2N4O2/c1-5-17(2)13-22-28(33-4)26-18(3)14-25(36-21-11-9-19(10-12-21)30(37)38)34-15-20(26)16-35-29(22)27-23(31)7-6-8-24(27)32/h6-15,33,36H,3,5,16H2,1-2,4H3,(H,37,38)/b17-13+. The van der Waals surface area contributed by atoms with E-state index in [-0.39, 0.29) is 23.4 Å². The molecule has 4 rings (SSSR count). The van der Waals surface area contributed by atoms with E-state index in [0.717, 1.165) is 23.1 Å². The minimum absolute atomic E-state index is 0.128. The third-order valence-corrected chi connectivity index (χ3v) is 6.30. The predicted octanol–water partition coefficient (Wildman–Crippen LogP) is 6.19. The number of benzene rings is 2. The number of rotatable bonds is 7. The summed E-state index contributed by atoms with van der Waals surface area (Å²) >= 11 is 0. The Balaban J connectivity index is 1.80. The van der Waals surface area contributed by atoms with Gasteiger partial charge in [0.15, 0.2) is 0 Å². The van der Waals surface area contributed by atoms with E-state index < -0.39 is 17.6 Å². The molecule has 0 bridgehead atoms. The molecule has 0 atom stereocenters. The number of allylic oxidation sites excluding steroid dienone is 5. The molecule has 38 heavy (non-hydrogen) atoms. The number of aromatic carboxylic acids is 1. The fourth-order valence-corrected chi connectivity index (χ4v) is 4.23. The predicted molar refractivity (Wildman–Crippen MR) is 148 cm³/mol. The lowest BCUT2D eigenvalue weighted by Gasteiger charge is -2.18. The average molecular weight is 515 g/mol. The van der Waals surface area contributed by atoms with Gasteiger partial charge in [0, 0.05) is 35.7 Å². The zero-order chi connectivity index (χ0) is 27.4. The van der Waals surface area contributed by atoms with E-state index in [1.54, 1.807) is 31.5 Å². The van der Waals surface area contributed by atoms with Gasteiger partial charge in [0.2, 0.25) is 0 Å². The molecule has 0 fully saturated rings. The number of nitrogens with zero attached hydrogens (tertiary/aromatic N) is 2. The molecule has 0 amide bonds. The molecule has 0 saturated heterocycles. The monoisotopic (exact) mass is 514 g/mol. The quantitative estimate of drug-likeness (QED) is 0.412. The Morgan fingerprint density at radius 1 is 1.16 bits per heavy atom. The van der Waals surface area contributed by atoms with Crippen LogP contribution in [0, 0.1) is 11.6 Å². The highest BCUT2D eigenvalue weighted by atomic mass is 19.1. The molecule has 0 unspecified atom stereocenters. The maximum Gasteiger partial charge on any atom is 0.335 e. The van der Waals surface area contributed by atoms with Crippen LogP contribution in [0.1, 0.15) is 36.2 Å². The second-order valence-electron chi connectivity index (χ2n) is 8.87. The summed E-state index contributed by atoms with van der Waals surface area (Å²) in [6.45, 7) is 8.36. The Bertz CT molecular complexity index is 1470. The van der Waals surface area contributed by atoms with Crippen LogP contribution in [0.25, 0.3) is 0 Å². The molecule has 2 aromatic carbocycles. The third-order valence-electron chi connectivity index (χ3n) is 6.30. The highest BCUT2D eigenvalue weighted by Crippen LogP contribution is 2.33. The van der Waals surface area contributed by atoms with Crippen LogP contribution in [0.4, 0.5) is 14.5 Å². The molecule has 6 nitrogen and oxygen atoms in total. The molecule has 3 N–H and O–H groups in total. The molecule has 2 aliphatic heterocycles. The van der Waals surface area contributed by atoms with E-state index in [2.05, 4.69) is 27.2 Å². The fraction of sp³-hybridized carbons (Fsp3) is 0.167. The molecule has 0 saturated carbocycles. The van der Waals surface area contributed by atoms with Gasteiger partial charge in [-0.15, -0.1) is 0 Å². The molecular weight excluding hydrogens is 486 g/mol. The number of carboxylic acid groups (broad SMARTS) is 1. The molecule has 2 aliphatic rings. The maximum atomic E-state index is 14.9. The van der Waals surface area contributed by atoms with Crippen LogP contribution in [0.15, 0.2) is 111 Å². The minimum Gasteiger partial charge on any atom is -0.478 e. The lowest BCUT2D eigenvalue weighted by Crippen LogP contribution is -2.18. The largest absolute Gasteiger partial charge is 0.478 e. The molecule has 194 valence electrons. The van der Waals surface area contributed by atoms with Crippen LogP contribution in [0.5, 0.6) is 0 Å². The third kappa shape index (κ3) is 5.39. The van der Waals surface area contributed by atoms with Gasteiger partial charge in [-0.25, -0.2) is 18.6 Å². The number of halogens is 2. The summed E-state index contributed by atoms with van der Waals surface area (Å²) in [5.41, 5.74) is 5.15. The minimum atomic E-state index is -1.01. The van der Waals surface area contributed by atoms with Crippen molar-refractivity contribution in [3.63, 3.8) is 0 Å². The van der Waals surface area contributed by atoms with Crippen LogP contribution in [-0.4, -0.2) is 36.6 Å². The Kier molecular flexibility index (Phi) is 7.81. The Labute approximate surface area is 220 Å². The van der Waals surface area contributed by atoms with Crippen molar-refractivity contribution in [3.8, 4) is 0 Å². The SMILES string of the molecule is C=C1C=C(Nc2ccc(C(=O)O)cc2)N=CC2=C1C(NC)=C(/C=C(\C)CC)C(c1c(F)cccc1F)=NC2. The van der Waals surface area contributed by atoms with Gasteiger partial charge in [-0.2, -0.15) is 0 Å². The first-order valence-electron chi connectivity index (χ1n) is 12.1. The van der Waals surface area contributed by atoms with Crippen molar-refractivity contribution in [2.24, 2.45) is 9.98 Å². The van der Waals surface area contributed by atoms with Crippen molar-refractivity contribution in [1.82, 2.24) is 5.32 Å². The Hall–Kier alpha value is -4.59. The number of aliphatic imine (C=N–C) groups is 2. The summed E-state index contributed by atoms with van der Waals surface area (Å²) in [7, 11) is 1.75. The number of hydrogen-bond acceptors (Lipinski definition) is 5. The van der Waals surface area contributed by atoms with Gasteiger partial charge in [-0.1, -0.05) is 31.2 Å². The van der Waals surface area contributed by atoms with Crippen LogP contribution in [0.3, 0.4) is 0 Å². The maximum absolute atomic E-state index is 14.9. The summed E-state index contributed by atoms with van der Waals surface area (Å²) in [5.74, 6) is -1.89. The van der Waals surface area contributed by atoms with Crippen LogP contribution in [-0.2, 0) is 0 Å². The van der Waals surface area contributed by atoms with Crippen LogP contribution in [0.2, 0.25) is 0 Å². The van der Waals surface area contributed by atoms with E-state index in [1.807, 2.05) is 19.9 Å². The number of likely N-dealkylation sites (N-methyl/N-ethyl adjacent to an activating group) is 1. The van der Waals surface area contributed by atoms with E-state index >= 15 is 0 Å². The highest BCUT2D eigenvalue weighted by Gasteiger charge is 2.27. The molecule has 0 aromatic heterocycles. The Morgan fingerprint density at radius 3 is 2.45 bits per heavy atom. The van der Waals surface area contributed by atoms with Gasteiger partial charge < -0.3 is 15.7 Å². The fourth-order valence-electron chi connectivity index (χ4n) is 4.23. The molecule has 2 heterocycles. The number of carbonyl (C=O) groups is 1. The lowest BCUT2D eigenvalue weighted by atomic mass is 9.91. The van der Waals surface area contributed by atoms with Gasteiger partial charge in [0.25, 0.3) is 0 Å². The van der Waals surface area contributed by atoms with E-state index in [0.29, 0.717) is 28.4 Å². The van der Waals surface area contributed by atoms with E-state index in [1.165, 1.54) is 30.3 Å². The lowest BCUT2D eigenvalue weighted by molar-refractivity contribution is 0.0697. The van der Waals surface area contributed by atoms with Crippen molar-refractivity contribution in [2.75, 3.05) is 18.9 Å². The van der Waals surface area contributed by atoms with Crippen molar-refractivity contribution >= 4 is 23.6 Å². The van der Waals surface area contributed by atoms with Gasteiger partial charge in [0.05, 0.1) is 29.1 Å². The molecule has 0 spiro atoms. The topological polar surface area (TPSA) is 86.1 Å². The first-order valence-corrected chi connectivity index (χ1v) is 12.1. The molecular formula is C30H28F2N4O2. The second kappa shape index (κ2) is 11.2. The highest BCUT2D eigenvalue weighted by molar-refractivity contribution is 6.16. The van der Waals surface area contributed by atoms with Crippen LogP contribution < -0.4 is 10.6 Å². The first-order chi connectivity index (χ1) is 18.2. The molecule has 2 aromatic rings. The molecule has 0 radical (unpaired) electrons. The average Bonchev–Trinajstić information content (AvgIpc) is 3.13. The zero-order valence-corrected chi connectivity index (χ0v) is 21.4. The number of carboxylic acids is 1. The van der Waals surface area contributed by atoms with Crippen LogP contribution >= 0.6 is 0 Å². The van der Waals surface area contributed by atoms with Gasteiger partial charge in [-0.3, -0.25) is 4.99 Å². The normalized spacial score (nSPS) is 15.9. The van der Waals surface area contributed by atoms with E-state index in [9.17, 15) is 13.6 Å². The number of nitrogens with one attached hydrogen (secondary N) is 2. The smallest absolute Gasteiger partial charge is 0.335 e. The summed E-state index contributed by atoms with van der Waals surface area (Å²) in [5, 5.41) is 15.5. The summed E-state index contributed by atoms with van der Waals surface area (Å²) in [4.78, 5) is 20.4. The summed E-state index contributed by atoms with van der Waals surface area (Å²) in [6, 6.07) is 10.1. The van der Waals surface area contributed by atoms with Crippen molar-refractivity contribution in [2.45, 2.75) is 20.3 Å². The van der Waals surface area contributed by atoms with E-state index in [4.69, 9.17) is 5.11 Å². The Morgan fingerprint density at radius 2 is 1.84 bits per heavy atom. The van der Waals surface area contributed by atoms with Gasteiger partial charge >= 0.3 is 5.97 Å². The second-order valence-corrected chi connectivity index (χ2v) is 8.87. The van der Waals surface area contributed by atoms with Gasteiger partial charge in [0.1, 0.15) is 17.5 Å². The first kappa shape index (κ1) is 26.5. The molecule has 8 heteroatoms. The number of hydrogen-bond donors (Lipinski definition) is 3. The van der Waals surface area contributed by atoms with Crippen molar-refractivity contribution in [1.29, 1.82) is 0 Å².